The molecule has 0 unspecified atom stereocenters. The third-order valence-corrected chi connectivity index (χ3v) is 2.29. The molecule has 0 amide bonds. The zero-order chi connectivity index (χ0) is 8.65. The largest absolute Gasteiger partial charge is 0.389 e. The van der Waals surface area contributed by atoms with E-state index in [9.17, 15) is 5.11 Å². The monoisotopic (exact) mass is 159 g/mol. The van der Waals surface area contributed by atoms with Crippen LogP contribution in [0.3, 0.4) is 0 Å². The van der Waals surface area contributed by atoms with Gasteiger partial charge < -0.3 is 15.6 Å². The summed E-state index contributed by atoms with van der Waals surface area (Å²) in [5.41, 5.74) is 5.38. The second kappa shape index (κ2) is 2.73. The van der Waals surface area contributed by atoms with Gasteiger partial charge in [-0.2, -0.15) is 0 Å². The molecular weight excluding hydrogens is 142 g/mol. The highest BCUT2D eigenvalue weighted by Crippen LogP contribution is 2.26. The Labute approximate surface area is 67.5 Å². The standard InChI is InChI=1S/C8H17NO2/c1-5-4-8(3,9)7(10)6(2)11-5/h5-7,10H,4,9H2,1-3H3/t5-,6-,7-,8-/m0/s1. The predicted octanol–water partition coefficient (Wildman–Crippen LogP) is 0.262. The molecule has 1 fully saturated rings. The average Bonchev–Trinajstić information content (AvgIpc) is 1.81. The summed E-state index contributed by atoms with van der Waals surface area (Å²) in [5, 5.41) is 9.57. The zero-order valence-corrected chi connectivity index (χ0v) is 7.37. The molecule has 3 nitrogen and oxygen atoms in total. The normalized spacial score (nSPS) is 52.6. The highest BCUT2D eigenvalue weighted by Gasteiger charge is 2.39. The van der Waals surface area contributed by atoms with Gasteiger partial charge in [0.05, 0.1) is 18.3 Å². The average molecular weight is 159 g/mol. The molecule has 1 rings (SSSR count). The third-order valence-electron chi connectivity index (χ3n) is 2.29. The lowest BCUT2D eigenvalue weighted by Crippen LogP contribution is -2.59. The van der Waals surface area contributed by atoms with Crippen LogP contribution in [0.25, 0.3) is 0 Å². The molecule has 0 aromatic rings. The van der Waals surface area contributed by atoms with Crippen LogP contribution in [0.5, 0.6) is 0 Å². The van der Waals surface area contributed by atoms with Gasteiger partial charge in [-0.1, -0.05) is 0 Å². The number of hydrogen-bond donors (Lipinski definition) is 2. The Morgan fingerprint density at radius 1 is 1.55 bits per heavy atom. The highest BCUT2D eigenvalue weighted by molar-refractivity contribution is 4.95. The van der Waals surface area contributed by atoms with E-state index >= 15 is 0 Å². The topological polar surface area (TPSA) is 55.5 Å². The molecule has 0 aliphatic carbocycles. The number of hydrogen-bond acceptors (Lipinski definition) is 3. The van der Waals surface area contributed by atoms with Gasteiger partial charge in [-0.3, -0.25) is 0 Å². The van der Waals surface area contributed by atoms with Crippen LogP contribution in [0.4, 0.5) is 0 Å². The van der Waals surface area contributed by atoms with Crippen molar-refractivity contribution >= 4 is 0 Å². The van der Waals surface area contributed by atoms with Crippen LogP contribution >= 0.6 is 0 Å². The van der Waals surface area contributed by atoms with E-state index in [0.29, 0.717) is 0 Å². The van der Waals surface area contributed by atoms with Crippen LogP contribution in [0.1, 0.15) is 27.2 Å². The van der Waals surface area contributed by atoms with Crippen molar-refractivity contribution in [2.24, 2.45) is 5.73 Å². The summed E-state index contributed by atoms with van der Waals surface area (Å²) in [5.74, 6) is 0. The molecule has 0 spiro atoms. The molecular formula is C8H17NO2. The van der Waals surface area contributed by atoms with E-state index in [4.69, 9.17) is 10.5 Å². The van der Waals surface area contributed by atoms with Gasteiger partial charge in [0.2, 0.25) is 0 Å². The van der Waals surface area contributed by atoms with Crippen molar-refractivity contribution in [2.45, 2.75) is 51.0 Å². The molecule has 0 aromatic carbocycles. The molecule has 0 radical (unpaired) electrons. The van der Waals surface area contributed by atoms with Gasteiger partial charge in [0.15, 0.2) is 0 Å². The van der Waals surface area contributed by atoms with Crippen LogP contribution in [0.15, 0.2) is 0 Å². The van der Waals surface area contributed by atoms with Crippen molar-refractivity contribution in [2.75, 3.05) is 0 Å². The Bertz CT molecular complexity index is 147. The third kappa shape index (κ3) is 1.72. The Morgan fingerprint density at radius 3 is 2.55 bits per heavy atom. The van der Waals surface area contributed by atoms with Crippen molar-refractivity contribution in [3.05, 3.63) is 0 Å². The summed E-state index contributed by atoms with van der Waals surface area (Å²) in [6.07, 6.45) is 0.189. The van der Waals surface area contributed by atoms with Crippen molar-refractivity contribution in [3.63, 3.8) is 0 Å². The van der Waals surface area contributed by atoms with Crippen LogP contribution < -0.4 is 5.73 Å². The lowest BCUT2D eigenvalue weighted by Gasteiger charge is -2.42. The zero-order valence-electron chi connectivity index (χ0n) is 7.37. The fourth-order valence-electron chi connectivity index (χ4n) is 1.77. The van der Waals surface area contributed by atoms with E-state index in [2.05, 4.69) is 0 Å². The number of ether oxygens (including phenoxy) is 1. The lowest BCUT2D eigenvalue weighted by molar-refractivity contribution is -0.135. The molecule has 4 atom stereocenters. The van der Waals surface area contributed by atoms with E-state index in [0.717, 1.165) is 6.42 Å². The number of rotatable bonds is 0. The van der Waals surface area contributed by atoms with Crippen molar-refractivity contribution in [3.8, 4) is 0 Å². The first-order valence-corrected chi connectivity index (χ1v) is 4.06. The lowest BCUT2D eigenvalue weighted by atomic mass is 9.84. The molecule has 3 heteroatoms. The summed E-state index contributed by atoms with van der Waals surface area (Å²) in [6.45, 7) is 5.70. The van der Waals surface area contributed by atoms with Gasteiger partial charge in [-0.25, -0.2) is 0 Å². The minimum absolute atomic E-state index is 0.145. The van der Waals surface area contributed by atoms with E-state index in [1.165, 1.54) is 0 Å². The molecule has 0 saturated carbocycles. The second-order valence-corrected chi connectivity index (χ2v) is 3.81. The molecule has 0 bridgehead atoms. The van der Waals surface area contributed by atoms with Crippen molar-refractivity contribution < 1.29 is 9.84 Å². The maximum absolute atomic E-state index is 9.57. The minimum Gasteiger partial charge on any atom is -0.389 e. The summed E-state index contributed by atoms with van der Waals surface area (Å²) < 4.78 is 5.40. The predicted molar refractivity (Wildman–Crippen MR) is 43.2 cm³/mol. The first kappa shape index (κ1) is 8.97. The van der Waals surface area contributed by atoms with Gasteiger partial charge in [0, 0.05) is 5.54 Å². The summed E-state index contributed by atoms with van der Waals surface area (Å²) in [4.78, 5) is 0. The number of nitrogens with two attached hydrogens (primary N) is 1. The molecule has 1 aliphatic heterocycles. The fourth-order valence-corrected chi connectivity index (χ4v) is 1.77. The van der Waals surface area contributed by atoms with Crippen molar-refractivity contribution in [1.82, 2.24) is 0 Å². The molecule has 11 heavy (non-hydrogen) atoms. The molecule has 0 aromatic heterocycles. The van der Waals surface area contributed by atoms with Crippen LogP contribution in [-0.4, -0.2) is 29.0 Å². The minimum atomic E-state index is -0.543. The van der Waals surface area contributed by atoms with Gasteiger partial charge in [0.1, 0.15) is 0 Å². The molecule has 66 valence electrons. The Kier molecular flexibility index (Phi) is 2.23. The Hall–Kier alpha value is -0.120. The quantitative estimate of drug-likeness (QED) is 0.533. The summed E-state index contributed by atoms with van der Waals surface area (Å²) in [6, 6.07) is 0. The van der Waals surface area contributed by atoms with Gasteiger partial charge in [-0.05, 0) is 27.2 Å². The highest BCUT2D eigenvalue weighted by atomic mass is 16.5. The maximum Gasteiger partial charge on any atom is 0.0976 e. The van der Waals surface area contributed by atoms with Crippen LogP contribution in [0.2, 0.25) is 0 Å². The molecule has 1 saturated heterocycles. The summed E-state index contributed by atoms with van der Waals surface area (Å²) >= 11 is 0. The Morgan fingerprint density at radius 2 is 2.09 bits per heavy atom. The van der Waals surface area contributed by atoms with Crippen molar-refractivity contribution in [1.29, 1.82) is 0 Å². The molecule has 1 aliphatic rings. The Balaban J connectivity index is 2.67. The van der Waals surface area contributed by atoms with E-state index in [-0.39, 0.29) is 12.2 Å². The first-order chi connectivity index (χ1) is 4.93. The second-order valence-electron chi connectivity index (χ2n) is 3.81. The fraction of sp³-hybridized carbons (Fsp3) is 1.00. The number of aliphatic hydroxyl groups excluding tert-OH is 1. The van der Waals surface area contributed by atoms with E-state index in [1.807, 2.05) is 20.8 Å². The van der Waals surface area contributed by atoms with Gasteiger partial charge in [0.25, 0.3) is 0 Å². The van der Waals surface area contributed by atoms with Crippen LogP contribution in [0, 0.1) is 0 Å². The maximum atomic E-state index is 9.57. The van der Waals surface area contributed by atoms with Crippen LogP contribution in [-0.2, 0) is 4.74 Å². The number of aliphatic hydroxyl groups is 1. The first-order valence-electron chi connectivity index (χ1n) is 4.06. The van der Waals surface area contributed by atoms with Gasteiger partial charge >= 0.3 is 0 Å². The smallest absolute Gasteiger partial charge is 0.0976 e. The van der Waals surface area contributed by atoms with E-state index in [1.54, 1.807) is 0 Å². The molecule has 1 heterocycles. The van der Waals surface area contributed by atoms with Gasteiger partial charge in [-0.15, -0.1) is 0 Å². The summed E-state index contributed by atoms with van der Waals surface area (Å²) in [7, 11) is 0. The molecule has 3 N–H and O–H groups in total. The van der Waals surface area contributed by atoms with E-state index < -0.39 is 11.6 Å². The SMILES string of the molecule is C[C@@H]1O[C@@H](C)C[C@](C)(N)[C@H]1O.